The van der Waals surface area contributed by atoms with E-state index in [0.29, 0.717) is 0 Å². The molecule has 0 amide bonds. The molecule has 1 heterocycles. The molecule has 0 aromatic heterocycles. The van der Waals surface area contributed by atoms with Crippen LogP contribution in [0, 0.1) is 20.8 Å². The fourth-order valence-electron chi connectivity index (χ4n) is 3.69. The van der Waals surface area contributed by atoms with Crippen molar-refractivity contribution >= 4 is 8.32 Å². The third-order valence-corrected chi connectivity index (χ3v) is 11.3. The summed E-state index contributed by atoms with van der Waals surface area (Å²) in [7, 11) is -1.88. The second kappa shape index (κ2) is 7.89. The van der Waals surface area contributed by atoms with Crippen LogP contribution in [0.1, 0.15) is 83.1 Å². The number of benzene rings is 1. The van der Waals surface area contributed by atoms with Crippen molar-refractivity contribution in [1.82, 2.24) is 0 Å². The van der Waals surface area contributed by atoms with Crippen molar-refractivity contribution in [3.63, 3.8) is 0 Å². The zero-order chi connectivity index (χ0) is 21.5. The number of rotatable bonds is 5. The number of ether oxygens (including phenoxy) is 1. The lowest BCUT2D eigenvalue weighted by Gasteiger charge is -2.41. The van der Waals surface area contributed by atoms with Crippen molar-refractivity contribution < 1.29 is 9.16 Å². The van der Waals surface area contributed by atoms with Crippen LogP contribution in [-0.4, -0.2) is 13.9 Å². The quantitative estimate of drug-likeness (QED) is 0.369. The Morgan fingerprint density at radius 3 is 2.25 bits per heavy atom. The van der Waals surface area contributed by atoms with Gasteiger partial charge >= 0.3 is 0 Å². The van der Waals surface area contributed by atoms with Crippen LogP contribution < -0.4 is 9.16 Å². The standard InChI is InChI=1S/C25H42O2Si/c1-17(2)13-12-15-25(9)16-14-21-20(5)22(18(3)19(4)23(21)26-25)27-28(10,11)24(6,7)8/h13H,12,14-16H2,1-11H3/t25-/m1/s1. The van der Waals surface area contributed by atoms with Crippen molar-refractivity contribution in [3.8, 4) is 11.5 Å². The molecule has 2 rings (SSSR count). The van der Waals surface area contributed by atoms with Crippen molar-refractivity contribution in [3.05, 3.63) is 33.9 Å². The number of allylic oxidation sites excluding steroid dienone is 2. The highest BCUT2D eigenvalue weighted by Crippen LogP contribution is 2.47. The van der Waals surface area contributed by atoms with Gasteiger partial charge in [-0.25, -0.2) is 0 Å². The highest BCUT2D eigenvalue weighted by molar-refractivity contribution is 6.74. The lowest BCUT2D eigenvalue weighted by molar-refractivity contribution is 0.0559. The first-order valence-electron chi connectivity index (χ1n) is 10.8. The van der Waals surface area contributed by atoms with Gasteiger partial charge in [-0.3, -0.25) is 0 Å². The minimum Gasteiger partial charge on any atom is -0.543 e. The molecule has 1 aromatic rings. The van der Waals surface area contributed by atoms with Crippen LogP contribution in [0.3, 0.4) is 0 Å². The molecular formula is C25H42O2Si. The maximum Gasteiger partial charge on any atom is 0.250 e. The third-order valence-electron chi connectivity index (χ3n) is 6.95. The Morgan fingerprint density at radius 1 is 1.11 bits per heavy atom. The van der Waals surface area contributed by atoms with Crippen LogP contribution in [0.15, 0.2) is 11.6 Å². The SMILES string of the molecule is CC(C)=CCC[C@]1(C)CCc2c(C)c(O[Si](C)(C)C(C)(C)C)c(C)c(C)c2O1. The van der Waals surface area contributed by atoms with E-state index in [9.17, 15) is 0 Å². The van der Waals surface area contributed by atoms with Gasteiger partial charge in [-0.1, -0.05) is 32.4 Å². The summed E-state index contributed by atoms with van der Waals surface area (Å²) in [6.07, 6.45) is 6.61. The Labute approximate surface area is 174 Å². The lowest BCUT2D eigenvalue weighted by atomic mass is 9.85. The van der Waals surface area contributed by atoms with E-state index >= 15 is 0 Å². The predicted octanol–water partition coefficient (Wildman–Crippen LogP) is 7.83. The summed E-state index contributed by atoms with van der Waals surface area (Å²) in [4.78, 5) is 0. The Hall–Kier alpha value is -1.22. The van der Waals surface area contributed by atoms with Crippen molar-refractivity contribution in [1.29, 1.82) is 0 Å². The highest BCUT2D eigenvalue weighted by Gasteiger charge is 2.41. The second-order valence-electron chi connectivity index (χ2n) is 10.7. The summed E-state index contributed by atoms with van der Waals surface area (Å²) >= 11 is 0. The van der Waals surface area contributed by atoms with Crippen LogP contribution in [-0.2, 0) is 6.42 Å². The molecule has 1 atom stereocenters. The van der Waals surface area contributed by atoms with Crippen molar-refractivity contribution in [2.24, 2.45) is 0 Å². The van der Waals surface area contributed by atoms with Crippen LogP contribution in [0.5, 0.6) is 11.5 Å². The summed E-state index contributed by atoms with van der Waals surface area (Å²) < 4.78 is 13.5. The Bertz CT molecular complexity index is 764. The average Bonchev–Trinajstić information content (AvgIpc) is 2.55. The minimum absolute atomic E-state index is 0.0790. The number of fused-ring (bicyclic) bond motifs is 1. The molecule has 158 valence electrons. The van der Waals surface area contributed by atoms with E-state index in [1.54, 1.807) is 0 Å². The van der Waals surface area contributed by atoms with Gasteiger partial charge in [-0.15, -0.1) is 0 Å². The van der Waals surface area contributed by atoms with E-state index in [1.807, 2.05) is 0 Å². The van der Waals surface area contributed by atoms with E-state index in [4.69, 9.17) is 9.16 Å². The molecule has 0 spiro atoms. The Balaban J connectivity index is 2.39. The monoisotopic (exact) mass is 402 g/mol. The molecule has 0 saturated carbocycles. The first-order valence-corrected chi connectivity index (χ1v) is 13.7. The fraction of sp³-hybridized carbons (Fsp3) is 0.680. The summed E-state index contributed by atoms with van der Waals surface area (Å²) in [5.74, 6) is 2.23. The first-order chi connectivity index (χ1) is 12.7. The molecule has 1 aliphatic rings. The smallest absolute Gasteiger partial charge is 0.250 e. The number of hydrogen-bond acceptors (Lipinski definition) is 2. The molecule has 0 unspecified atom stereocenters. The lowest BCUT2D eigenvalue weighted by Crippen LogP contribution is -2.44. The summed E-state index contributed by atoms with van der Waals surface area (Å²) in [5.41, 5.74) is 6.45. The molecule has 28 heavy (non-hydrogen) atoms. The van der Waals surface area contributed by atoms with Crippen LogP contribution >= 0.6 is 0 Å². The topological polar surface area (TPSA) is 18.5 Å². The summed E-state index contributed by atoms with van der Waals surface area (Å²) in [6, 6.07) is 0. The zero-order valence-corrected chi connectivity index (χ0v) is 21.2. The van der Waals surface area contributed by atoms with E-state index in [2.05, 4.69) is 81.5 Å². The van der Waals surface area contributed by atoms with Crippen LogP contribution in [0.4, 0.5) is 0 Å². The van der Waals surface area contributed by atoms with Gasteiger partial charge in [-0.2, -0.15) is 0 Å². The molecule has 0 bridgehead atoms. The van der Waals surface area contributed by atoms with E-state index in [0.717, 1.165) is 37.2 Å². The zero-order valence-electron chi connectivity index (χ0n) is 20.2. The molecule has 1 aromatic carbocycles. The second-order valence-corrected chi connectivity index (χ2v) is 15.5. The molecule has 0 fully saturated rings. The third kappa shape index (κ3) is 4.67. The van der Waals surface area contributed by atoms with Gasteiger partial charge in [0.15, 0.2) is 0 Å². The molecule has 1 aliphatic heterocycles. The average molecular weight is 403 g/mol. The van der Waals surface area contributed by atoms with E-state index < -0.39 is 8.32 Å². The molecule has 3 heteroatoms. The first kappa shape index (κ1) is 23.1. The molecule has 0 N–H and O–H groups in total. The van der Waals surface area contributed by atoms with Crippen molar-refractivity contribution in [2.45, 2.75) is 112 Å². The highest BCUT2D eigenvalue weighted by atomic mass is 28.4. The molecule has 2 nitrogen and oxygen atoms in total. The van der Waals surface area contributed by atoms with Gasteiger partial charge in [0.1, 0.15) is 17.1 Å². The minimum atomic E-state index is -1.88. The van der Waals surface area contributed by atoms with Crippen LogP contribution in [0.25, 0.3) is 0 Å². The van der Waals surface area contributed by atoms with Gasteiger partial charge < -0.3 is 9.16 Å². The predicted molar refractivity (Wildman–Crippen MR) is 124 cm³/mol. The van der Waals surface area contributed by atoms with Crippen LogP contribution in [0.2, 0.25) is 18.1 Å². The summed E-state index contributed by atoms with van der Waals surface area (Å²) in [5, 5.41) is 0.190. The normalized spacial score (nSPS) is 19.7. The molecular weight excluding hydrogens is 360 g/mol. The van der Waals surface area contributed by atoms with E-state index in [-0.39, 0.29) is 10.6 Å². The van der Waals surface area contributed by atoms with E-state index in [1.165, 1.54) is 27.8 Å². The van der Waals surface area contributed by atoms with Gasteiger partial charge in [0, 0.05) is 5.56 Å². The molecule has 0 radical (unpaired) electrons. The fourth-order valence-corrected chi connectivity index (χ4v) is 4.81. The van der Waals surface area contributed by atoms with Gasteiger partial charge in [0.2, 0.25) is 0 Å². The molecule has 0 saturated heterocycles. The maximum atomic E-state index is 6.79. The summed E-state index contributed by atoms with van der Waals surface area (Å²) in [6.45, 7) is 24.8. The van der Waals surface area contributed by atoms with Gasteiger partial charge in [0.25, 0.3) is 8.32 Å². The van der Waals surface area contributed by atoms with Crippen molar-refractivity contribution in [2.75, 3.05) is 0 Å². The molecule has 0 aliphatic carbocycles. The Kier molecular flexibility index (Phi) is 6.50. The largest absolute Gasteiger partial charge is 0.543 e. The number of hydrogen-bond donors (Lipinski definition) is 0. The van der Waals surface area contributed by atoms with Gasteiger partial charge in [0.05, 0.1) is 0 Å². The Morgan fingerprint density at radius 2 is 1.71 bits per heavy atom. The van der Waals surface area contributed by atoms with Gasteiger partial charge in [-0.05, 0) is 102 Å². The maximum absolute atomic E-state index is 6.79.